The van der Waals surface area contributed by atoms with Crippen LogP contribution in [-0.2, 0) is 0 Å². The Morgan fingerprint density at radius 3 is 2.52 bits per heavy atom. The average molecular weight is 377 g/mol. The maximum atomic E-state index is 12.3. The Balaban J connectivity index is 2.33. The van der Waals surface area contributed by atoms with Gasteiger partial charge in [-0.2, -0.15) is 0 Å². The largest absolute Gasteiger partial charge is 0.502 e. The summed E-state index contributed by atoms with van der Waals surface area (Å²) in [4.78, 5) is 12.3. The van der Waals surface area contributed by atoms with Crippen LogP contribution in [-0.4, -0.2) is 19.3 Å². The van der Waals surface area contributed by atoms with Gasteiger partial charge in [0.25, 0.3) is 0 Å². The van der Waals surface area contributed by atoms with Crippen molar-refractivity contribution in [2.24, 2.45) is 0 Å². The Bertz CT molecular complexity index is 946. The summed E-state index contributed by atoms with van der Waals surface area (Å²) in [5.74, 6) is 0.587. The summed E-state index contributed by atoms with van der Waals surface area (Å²) in [6.07, 6.45) is 0. The van der Waals surface area contributed by atoms with Crippen LogP contribution in [0, 0.1) is 0 Å². The number of hydrogen-bond acceptors (Lipinski definition) is 5. The molecule has 0 aliphatic rings. The molecule has 0 aliphatic carbocycles. The number of fused-ring (bicyclic) bond motifs is 1. The molecule has 0 aliphatic heterocycles. The monoisotopic (exact) mass is 376 g/mol. The first kappa shape index (κ1) is 15.4. The van der Waals surface area contributed by atoms with E-state index in [4.69, 9.17) is 13.9 Å². The molecule has 1 aromatic heterocycles. The Kier molecular flexibility index (Phi) is 4.00. The molecule has 0 radical (unpaired) electrons. The van der Waals surface area contributed by atoms with Gasteiger partial charge in [0.05, 0.1) is 24.1 Å². The molecule has 2 aromatic carbocycles. The summed E-state index contributed by atoms with van der Waals surface area (Å²) in [5, 5.41) is 10.6. The third-order valence-electron chi connectivity index (χ3n) is 3.50. The third kappa shape index (κ3) is 2.45. The van der Waals surface area contributed by atoms with Crippen LogP contribution in [0.1, 0.15) is 0 Å². The number of para-hydroxylation sites is 1. The minimum absolute atomic E-state index is 0.0709. The van der Waals surface area contributed by atoms with Crippen LogP contribution in [0.25, 0.3) is 22.3 Å². The second kappa shape index (κ2) is 5.96. The van der Waals surface area contributed by atoms with Gasteiger partial charge in [-0.05, 0) is 40.2 Å². The van der Waals surface area contributed by atoms with Crippen molar-refractivity contribution in [2.75, 3.05) is 14.2 Å². The molecule has 6 heteroatoms. The van der Waals surface area contributed by atoms with Gasteiger partial charge in [-0.25, -0.2) is 0 Å². The van der Waals surface area contributed by atoms with E-state index >= 15 is 0 Å². The van der Waals surface area contributed by atoms with Gasteiger partial charge in [-0.3, -0.25) is 4.79 Å². The fourth-order valence-electron chi connectivity index (χ4n) is 2.38. The molecular weight excluding hydrogens is 364 g/mol. The zero-order valence-electron chi connectivity index (χ0n) is 12.4. The first-order chi connectivity index (χ1) is 11.1. The number of ether oxygens (including phenoxy) is 2. The lowest BCUT2D eigenvalue weighted by Crippen LogP contribution is -2.03. The van der Waals surface area contributed by atoms with Crippen LogP contribution in [0.15, 0.2) is 50.1 Å². The van der Waals surface area contributed by atoms with Gasteiger partial charge in [0.1, 0.15) is 5.58 Å². The minimum Gasteiger partial charge on any atom is -0.502 e. The van der Waals surface area contributed by atoms with Crippen molar-refractivity contribution in [1.29, 1.82) is 0 Å². The van der Waals surface area contributed by atoms with E-state index in [1.165, 1.54) is 14.2 Å². The Labute approximate surface area is 140 Å². The predicted octanol–water partition coefficient (Wildman–Crippen LogP) is 3.95. The van der Waals surface area contributed by atoms with Crippen molar-refractivity contribution in [2.45, 2.75) is 0 Å². The summed E-state index contributed by atoms with van der Waals surface area (Å²) < 4.78 is 16.8. The molecule has 118 valence electrons. The second-order valence-electron chi connectivity index (χ2n) is 4.77. The number of halogens is 1. The molecule has 23 heavy (non-hydrogen) atoms. The lowest BCUT2D eigenvalue weighted by molar-refractivity contribution is 0.353. The molecule has 0 atom stereocenters. The molecule has 0 saturated carbocycles. The zero-order chi connectivity index (χ0) is 16.6. The van der Waals surface area contributed by atoms with E-state index in [0.29, 0.717) is 32.5 Å². The highest BCUT2D eigenvalue weighted by atomic mass is 79.9. The summed E-state index contributed by atoms with van der Waals surface area (Å²) in [6.45, 7) is 0. The van der Waals surface area contributed by atoms with Crippen LogP contribution in [0.3, 0.4) is 0 Å². The van der Waals surface area contributed by atoms with Gasteiger partial charge in [0.15, 0.2) is 17.3 Å². The zero-order valence-corrected chi connectivity index (χ0v) is 14.0. The van der Waals surface area contributed by atoms with Crippen LogP contribution in [0.4, 0.5) is 0 Å². The predicted molar refractivity (Wildman–Crippen MR) is 90.4 cm³/mol. The van der Waals surface area contributed by atoms with Gasteiger partial charge in [-0.1, -0.05) is 12.1 Å². The van der Waals surface area contributed by atoms with E-state index in [1.807, 2.05) is 0 Å². The summed E-state index contributed by atoms with van der Waals surface area (Å²) in [7, 11) is 3.03. The first-order valence-corrected chi connectivity index (χ1v) is 7.53. The lowest BCUT2D eigenvalue weighted by atomic mass is 10.1. The number of aromatic hydroxyl groups is 1. The SMILES string of the molecule is COc1ccc(-c2oc3ccccc3c(=O)c2O)c(Br)c1OC. The van der Waals surface area contributed by atoms with Crippen LogP contribution < -0.4 is 14.9 Å². The maximum absolute atomic E-state index is 12.3. The highest BCUT2D eigenvalue weighted by molar-refractivity contribution is 9.10. The molecular formula is C17H13BrO5. The summed E-state index contributed by atoms with van der Waals surface area (Å²) in [5.41, 5.74) is 0.401. The Hall–Kier alpha value is -2.47. The molecule has 3 rings (SSSR count). The molecule has 0 spiro atoms. The fraction of sp³-hybridized carbons (Fsp3) is 0.118. The van der Waals surface area contributed by atoms with Crippen LogP contribution >= 0.6 is 15.9 Å². The van der Waals surface area contributed by atoms with Gasteiger partial charge in [0, 0.05) is 5.56 Å². The maximum Gasteiger partial charge on any atom is 0.235 e. The fourth-order valence-corrected chi connectivity index (χ4v) is 3.05. The molecule has 3 aromatic rings. The van der Waals surface area contributed by atoms with Crippen molar-refractivity contribution < 1.29 is 19.0 Å². The molecule has 0 unspecified atom stereocenters. The molecule has 5 nitrogen and oxygen atoms in total. The van der Waals surface area contributed by atoms with Gasteiger partial charge < -0.3 is 19.0 Å². The second-order valence-corrected chi connectivity index (χ2v) is 5.56. The van der Waals surface area contributed by atoms with Gasteiger partial charge in [0.2, 0.25) is 11.2 Å². The van der Waals surface area contributed by atoms with Crippen LogP contribution in [0.2, 0.25) is 0 Å². The highest BCUT2D eigenvalue weighted by Gasteiger charge is 2.21. The molecule has 0 fully saturated rings. The van der Waals surface area contributed by atoms with E-state index < -0.39 is 11.2 Å². The summed E-state index contributed by atoms with van der Waals surface area (Å²) in [6, 6.07) is 10.1. The van der Waals surface area contributed by atoms with Gasteiger partial charge >= 0.3 is 0 Å². The molecule has 0 bridgehead atoms. The topological polar surface area (TPSA) is 68.9 Å². The van der Waals surface area contributed by atoms with E-state index in [2.05, 4.69) is 15.9 Å². The van der Waals surface area contributed by atoms with Crippen LogP contribution in [0.5, 0.6) is 17.2 Å². The molecule has 0 saturated heterocycles. The van der Waals surface area contributed by atoms with Crippen molar-refractivity contribution in [3.63, 3.8) is 0 Å². The molecule has 1 heterocycles. The number of benzene rings is 2. The quantitative estimate of drug-likeness (QED) is 0.749. The van der Waals surface area contributed by atoms with Crippen molar-refractivity contribution in [3.05, 3.63) is 51.1 Å². The molecule has 1 N–H and O–H groups in total. The Morgan fingerprint density at radius 2 is 1.83 bits per heavy atom. The average Bonchev–Trinajstić information content (AvgIpc) is 2.58. The normalized spacial score (nSPS) is 10.7. The Morgan fingerprint density at radius 1 is 1.09 bits per heavy atom. The standard InChI is InChI=1S/C17H13BrO5/c1-21-12-8-7-10(13(18)17(12)22-2)16-15(20)14(19)9-5-3-4-6-11(9)23-16/h3-8,20H,1-2H3. The smallest absolute Gasteiger partial charge is 0.235 e. The van der Waals surface area contributed by atoms with E-state index in [9.17, 15) is 9.90 Å². The van der Waals surface area contributed by atoms with Crippen molar-refractivity contribution >= 4 is 26.9 Å². The van der Waals surface area contributed by atoms with E-state index in [1.54, 1.807) is 36.4 Å². The number of hydrogen-bond donors (Lipinski definition) is 1. The van der Waals surface area contributed by atoms with Crippen molar-refractivity contribution in [3.8, 4) is 28.6 Å². The summed E-state index contributed by atoms with van der Waals surface area (Å²) >= 11 is 3.41. The van der Waals surface area contributed by atoms with Gasteiger partial charge in [-0.15, -0.1) is 0 Å². The van der Waals surface area contributed by atoms with Crippen molar-refractivity contribution in [1.82, 2.24) is 0 Å². The highest BCUT2D eigenvalue weighted by Crippen LogP contribution is 2.44. The number of rotatable bonds is 3. The molecule has 0 amide bonds. The minimum atomic E-state index is -0.483. The van der Waals surface area contributed by atoms with E-state index in [-0.39, 0.29) is 5.76 Å². The van der Waals surface area contributed by atoms with E-state index in [0.717, 1.165) is 0 Å². The lowest BCUT2D eigenvalue weighted by Gasteiger charge is -2.13. The number of methoxy groups -OCH3 is 2. The first-order valence-electron chi connectivity index (χ1n) is 6.74. The third-order valence-corrected chi connectivity index (χ3v) is 4.29.